The van der Waals surface area contributed by atoms with Crippen LogP contribution in [0.4, 0.5) is 5.82 Å². The molecule has 5 nitrogen and oxygen atoms in total. The molecule has 1 heterocycles. The minimum atomic E-state index is 0.187. The number of hydrogen-bond donors (Lipinski definition) is 1. The fraction of sp³-hybridized carbons (Fsp3) is 0.375. The molecule has 0 saturated carbocycles. The number of anilines is 1. The average Bonchev–Trinajstić information content (AvgIpc) is 2.88. The maximum absolute atomic E-state index is 12.2. The van der Waals surface area contributed by atoms with Crippen molar-refractivity contribution in [1.29, 1.82) is 0 Å². The lowest BCUT2D eigenvalue weighted by molar-refractivity contribution is 0.0973. The van der Waals surface area contributed by atoms with Gasteiger partial charge in [0, 0.05) is 13.0 Å². The lowest BCUT2D eigenvalue weighted by Crippen LogP contribution is -2.13. The van der Waals surface area contributed by atoms with Gasteiger partial charge in [0.25, 0.3) is 0 Å². The standard InChI is InChI=1S/C16H19N3O2/c1-3-17-16-15-13(5-4-6-14(15)20)19(18-16)11-7-9-12(21-2)10-8-11/h7-10H,3-6H2,1-2H3,(H,17,18). The lowest BCUT2D eigenvalue weighted by atomic mass is 9.96. The van der Waals surface area contributed by atoms with Gasteiger partial charge >= 0.3 is 0 Å². The molecule has 21 heavy (non-hydrogen) atoms. The molecule has 0 unspecified atom stereocenters. The number of nitrogens with zero attached hydrogens (tertiary/aromatic N) is 2. The van der Waals surface area contributed by atoms with Gasteiger partial charge in [-0.2, -0.15) is 0 Å². The third-order valence-electron chi connectivity index (χ3n) is 3.74. The molecule has 1 aliphatic rings. The van der Waals surface area contributed by atoms with Gasteiger partial charge in [0.15, 0.2) is 11.6 Å². The van der Waals surface area contributed by atoms with Crippen LogP contribution in [0, 0.1) is 0 Å². The molecule has 0 fully saturated rings. The van der Waals surface area contributed by atoms with Crippen LogP contribution in [0.15, 0.2) is 24.3 Å². The first-order valence-electron chi connectivity index (χ1n) is 7.28. The van der Waals surface area contributed by atoms with Gasteiger partial charge in [0.2, 0.25) is 0 Å². The Morgan fingerprint density at radius 3 is 2.71 bits per heavy atom. The quantitative estimate of drug-likeness (QED) is 0.938. The number of aromatic nitrogens is 2. The molecule has 0 radical (unpaired) electrons. The summed E-state index contributed by atoms with van der Waals surface area (Å²) in [6.45, 7) is 2.76. The van der Waals surface area contributed by atoms with E-state index in [0.29, 0.717) is 12.2 Å². The second kappa shape index (κ2) is 5.60. The van der Waals surface area contributed by atoms with E-state index in [1.54, 1.807) is 7.11 Å². The highest BCUT2D eigenvalue weighted by molar-refractivity contribution is 6.02. The number of nitrogens with one attached hydrogen (secondary N) is 1. The fourth-order valence-electron chi connectivity index (χ4n) is 2.75. The summed E-state index contributed by atoms with van der Waals surface area (Å²) in [5.74, 6) is 1.70. The van der Waals surface area contributed by atoms with Crippen molar-refractivity contribution < 1.29 is 9.53 Å². The van der Waals surface area contributed by atoms with Crippen molar-refractivity contribution >= 4 is 11.6 Å². The molecule has 110 valence electrons. The van der Waals surface area contributed by atoms with Crippen LogP contribution in [-0.4, -0.2) is 29.2 Å². The third kappa shape index (κ3) is 2.39. The summed E-state index contributed by atoms with van der Waals surface area (Å²) in [5.41, 5.74) is 2.72. The van der Waals surface area contributed by atoms with Crippen LogP contribution in [-0.2, 0) is 6.42 Å². The van der Waals surface area contributed by atoms with Crippen LogP contribution in [0.2, 0.25) is 0 Å². The van der Waals surface area contributed by atoms with E-state index in [4.69, 9.17) is 4.74 Å². The number of Topliss-reactive ketones (excluding diaryl/α,β-unsaturated/α-hetero) is 1. The van der Waals surface area contributed by atoms with Crippen molar-refractivity contribution in [3.05, 3.63) is 35.5 Å². The van der Waals surface area contributed by atoms with Crippen LogP contribution in [0.3, 0.4) is 0 Å². The highest BCUT2D eigenvalue weighted by Crippen LogP contribution is 2.30. The van der Waals surface area contributed by atoms with Crippen LogP contribution < -0.4 is 10.1 Å². The zero-order valence-corrected chi connectivity index (χ0v) is 12.3. The molecule has 0 amide bonds. The van der Waals surface area contributed by atoms with E-state index in [9.17, 15) is 4.79 Å². The number of carbonyl (C=O) groups excluding carboxylic acids is 1. The van der Waals surface area contributed by atoms with Crippen molar-refractivity contribution in [2.75, 3.05) is 19.0 Å². The van der Waals surface area contributed by atoms with Gasteiger partial charge in [-0.1, -0.05) is 0 Å². The van der Waals surface area contributed by atoms with Crippen molar-refractivity contribution in [1.82, 2.24) is 9.78 Å². The van der Waals surface area contributed by atoms with E-state index in [1.807, 2.05) is 35.9 Å². The normalized spacial score (nSPS) is 13.9. The van der Waals surface area contributed by atoms with Gasteiger partial charge in [0.1, 0.15) is 5.75 Å². The first-order chi connectivity index (χ1) is 10.2. The van der Waals surface area contributed by atoms with E-state index in [0.717, 1.165) is 42.1 Å². The molecule has 1 aliphatic carbocycles. The molecular weight excluding hydrogens is 266 g/mol. The molecule has 1 N–H and O–H groups in total. The fourth-order valence-corrected chi connectivity index (χ4v) is 2.75. The Hall–Kier alpha value is -2.30. The average molecular weight is 285 g/mol. The van der Waals surface area contributed by atoms with Crippen molar-refractivity contribution in [3.8, 4) is 11.4 Å². The summed E-state index contributed by atoms with van der Waals surface area (Å²) >= 11 is 0. The summed E-state index contributed by atoms with van der Waals surface area (Å²) in [6, 6.07) is 7.73. The molecule has 5 heteroatoms. The Balaban J connectivity index is 2.09. The number of hydrogen-bond acceptors (Lipinski definition) is 4. The number of carbonyl (C=O) groups is 1. The number of ether oxygens (including phenoxy) is 1. The van der Waals surface area contributed by atoms with Crippen molar-refractivity contribution in [2.45, 2.75) is 26.2 Å². The molecule has 0 saturated heterocycles. The van der Waals surface area contributed by atoms with Crippen LogP contribution >= 0.6 is 0 Å². The Morgan fingerprint density at radius 1 is 1.29 bits per heavy atom. The van der Waals surface area contributed by atoms with Gasteiger partial charge in [0.05, 0.1) is 24.1 Å². The highest BCUT2D eigenvalue weighted by Gasteiger charge is 2.27. The maximum Gasteiger partial charge on any atom is 0.168 e. The van der Waals surface area contributed by atoms with Crippen LogP contribution in [0.1, 0.15) is 35.8 Å². The summed E-state index contributed by atoms with van der Waals surface area (Å²) in [7, 11) is 1.65. The van der Waals surface area contributed by atoms with E-state index >= 15 is 0 Å². The zero-order chi connectivity index (χ0) is 14.8. The minimum absolute atomic E-state index is 0.187. The Labute approximate surface area is 123 Å². The van der Waals surface area contributed by atoms with Gasteiger partial charge in [-0.15, -0.1) is 5.10 Å². The van der Waals surface area contributed by atoms with E-state index in [1.165, 1.54) is 0 Å². The Bertz CT molecular complexity index is 659. The second-order valence-corrected chi connectivity index (χ2v) is 5.09. The van der Waals surface area contributed by atoms with Gasteiger partial charge < -0.3 is 10.1 Å². The van der Waals surface area contributed by atoms with Crippen molar-refractivity contribution in [2.24, 2.45) is 0 Å². The molecule has 3 rings (SSSR count). The first-order valence-corrected chi connectivity index (χ1v) is 7.28. The van der Waals surface area contributed by atoms with E-state index in [-0.39, 0.29) is 5.78 Å². The zero-order valence-electron chi connectivity index (χ0n) is 12.3. The number of methoxy groups -OCH3 is 1. The van der Waals surface area contributed by atoms with Gasteiger partial charge in [-0.25, -0.2) is 4.68 Å². The summed E-state index contributed by atoms with van der Waals surface area (Å²) in [6.07, 6.45) is 2.38. The molecule has 0 atom stereocenters. The summed E-state index contributed by atoms with van der Waals surface area (Å²) < 4.78 is 7.06. The number of fused-ring (bicyclic) bond motifs is 1. The third-order valence-corrected chi connectivity index (χ3v) is 3.74. The highest BCUT2D eigenvalue weighted by atomic mass is 16.5. The smallest absolute Gasteiger partial charge is 0.168 e. The second-order valence-electron chi connectivity index (χ2n) is 5.09. The number of benzene rings is 1. The molecule has 1 aromatic carbocycles. The monoisotopic (exact) mass is 285 g/mol. The summed E-state index contributed by atoms with van der Waals surface area (Å²) in [4.78, 5) is 12.2. The lowest BCUT2D eigenvalue weighted by Gasteiger charge is -2.13. The molecule has 0 spiro atoms. The molecular formula is C16H19N3O2. The molecule has 1 aromatic heterocycles. The van der Waals surface area contributed by atoms with Crippen LogP contribution in [0.5, 0.6) is 5.75 Å². The first kappa shape index (κ1) is 13.7. The van der Waals surface area contributed by atoms with E-state index < -0.39 is 0 Å². The van der Waals surface area contributed by atoms with Gasteiger partial charge in [-0.05, 0) is 44.0 Å². The maximum atomic E-state index is 12.2. The van der Waals surface area contributed by atoms with Gasteiger partial charge in [-0.3, -0.25) is 4.79 Å². The topological polar surface area (TPSA) is 56.1 Å². The largest absolute Gasteiger partial charge is 0.497 e. The number of ketones is 1. The van der Waals surface area contributed by atoms with E-state index in [2.05, 4.69) is 10.4 Å². The molecule has 0 bridgehead atoms. The minimum Gasteiger partial charge on any atom is -0.497 e. The molecule has 2 aromatic rings. The van der Waals surface area contributed by atoms with Crippen molar-refractivity contribution in [3.63, 3.8) is 0 Å². The predicted molar refractivity (Wildman–Crippen MR) is 81.5 cm³/mol. The van der Waals surface area contributed by atoms with Crippen LogP contribution in [0.25, 0.3) is 5.69 Å². The number of rotatable bonds is 4. The summed E-state index contributed by atoms with van der Waals surface area (Å²) in [5, 5.41) is 7.80. The molecule has 0 aliphatic heterocycles. The Morgan fingerprint density at radius 2 is 2.05 bits per heavy atom. The predicted octanol–water partition coefficient (Wildman–Crippen LogP) is 2.83. The Kier molecular flexibility index (Phi) is 3.64. The SMILES string of the molecule is CCNc1nn(-c2ccc(OC)cc2)c2c1C(=O)CCC2.